The zero-order chi connectivity index (χ0) is 12.0. The highest BCUT2D eigenvalue weighted by Crippen LogP contribution is 2.48. The zero-order valence-electron chi connectivity index (χ0n) is 9.99. The summed E-state index contributed by atoms with van der Waals surface area (Å²) in [5, 5.41) is 12.0. The van der Waals surface area contributed by atoms with E-state index in [1.807, 2.05) is 0 Å². The first-order valence-electron chi connectivity index (χ1n) is 5.57. The van der Waals surface area contributed by atoms with Crippen molar-refractivity contribution in [1.82, 2.24) is 5.32 Å². The number of hydrogen-bond donors (Lipinski definition) is 2. The number of carboxylic acids is 1. The van der Waals surface area contributed by atoms with Gasteiger partial charge in [-0.3, -0.25) is 4.79 Å². The van der Waals surface area contributed by atoms with Crippen LogP contribution in [-0.4, -0.2) is 51.1 Å². The van der Waals surface area contributed by atoms with Gasteiger partial charge in [-0.15, -0.1) is 0 Å². The molecule has 5 nitrogen and oxygen atoms in total. The summed E-state index contributed by atoms with van der Waals surface area (Å²) in [6, 6.07) is -0.606. The van der Waals surface area contributed by atoms with Gasteiger partial charge >= 0.3 is 5.97 Å². The number of ether oxygens (including phenoxy) is 2. The molecule has 1 aliphatic carbocycles. The Hall–Kier alpha value is -0.650. The van der Waals surface area contributed by atoms with Crippen molar-refractivity contribution in [1.29, 1.82) is 0 Å². The number of rotatable bonds is 9. The average Bonchev–Trinajstić information content (AvgIpc) is 3.02. The van der Waals surface area contributed by atoms with Crippen molar-refractivity contribution >= 4 is 5.97 Å². The number of aliphatic carboxylic acids is 1. The predicted octanol–water partition coefficient (Wildman–Crippen LogP) is 0.492. The molecule has 1 saturated carbocycles. The van der Waals surface area contributed by atoms with Gasteiger partial charge in [-0.05, 0) is 24.7 Å². The molecule has 2 N–H and O–H groups in total. The Balaban J connectivity index is 2.28. The molecular formula is C11H21NO4. The van der Waals surface area contributed by atoms with Crippen molar-refractivity contribution in [3.05, 3.63) is 0 Å². The van der Waals surface area contributed by atoms with E-state index in [1.54, 1.807) is 7.11 Å². The third-order valence-electron chi connectivity index (χ3n) is 3.15. The third kappa shape index (κ3) is 4.08. The van der Waals surface area contributed by atoms with Crippen LogP contribution >= 0.6 is 0 Å². The molecule has 0 radical (unpaired) electrons. The number of carbonyl (C=O) groups is 1. The maximum atomic E-state index is 10.9. The molecule has 94 valence electrons. The Bertz CT molecular complexity index is 228. The maximum Gasteiger partial charge on any atom is 0.323 e. The fourth-order valence-corrected chi connectivity index (χ4v) is 1.73. The minimum Gasteiger partial charge on any atom is -0.480 e. The van der Waals surface area contributed by atoms with Crippen LogP contribution in [0.15, 0.2) is 0 Å². The van der Waals surface area contributed by atoms with E-state index >= 15 is 0 Å². The van der Waals surface area contributed by atoms with E-state index in [-0.39, 0.29) is 12.0 Å². The molecule has 1 unspecified atom stereocenters. The van der Waals surface area contributed by atoms with E-state index in [4.69, 9.17) is 14.6 Å². The fraction of sp³-hybridized carbons (Fsp3) is 0.909. The normalized spacial score (nSPS) is 19.4. The lowest BCUT2D eigenvalue weighted by Gasteiger charge is -2.19. The summed E-state index contributed by atoms with van der Waals surface area (Å²) in [5.74, 6) is -0.857. The molecule has 0 aromatic heterocycles. The summed E-state index contributed by atoms with van der Waals surface area (Å²) in [5.41, 5.74) is 0.261. The van der Waals surface area contributed by atoms with E-state index in [1.165, 1.54) is 7.11 Å². The second-order valence-corrected chi connectivity index (χ2v) is 4.47. The molecule has 0 aromatic rings. The highest BCUT2D eigenvalue weighted by Gasteiger charge is 2.42. The molecule has 0 spiro atoms. The van der Waals surface area contributed by atoms with Crippen molar-refractivity contribution in [3.63, 3.8) is 0 Å². The Kier molecular flexibility index (Phi) is 5.18. The Morgan fingerprint density at radius 3 is 2.56 bits per heavy atom. The largest absolute Gasteiger partial charge is 0.480 e. The Labute approximate surface area is 96.1 Å². The molecule has 1 fully saturated rings. The topological polar surface area (TPSA) is 67.8 Å². The minimum atomic E-state index is -0.857. The molecule has 16 heavy (non-hydrogen) atoms. The van der Waals surface area contributed by atoms with Crippen LogP contribution in [0.1, 0.15) is 19.3 Å². The molecule has 1 atom stereocenters. The summed E-state index contributed by atoms with van der Waals surface area (Å²) in [6.45, 7) is 1.68. The van der Waals surface area contributed by atoms with Gasteiger partial charge in [-0.1, -0.05) is 0 Å². The van der Waals surface area contributed by atoms with Crippen LogP contribution in [0.2, 0.25) is 0 Å². The van der Waals surface area contributed by atoms with Gasteiger partial charge in [0.15, 0.2) is 0 Å². The molecule has 0 aliphatic heterocycles. The fourth-order valence-electron chi connectivity index (χ4n) is 1.73. The third-order valence-corrected chi connectivity index (χ3v) is 3.15. The van der Waals surface area contributed by atoms with E-state index in [9.17, 15) is 4.79 Å². The molecule has 1 aliphatic rings. The van der Waals surface area contributed by atoms with Crippen molar-refractivity contribution in [3.8, 4) is 0 Å². The highest BCUT2D eigenvalue weighted by molar-refractivity contribution is 5.73. The Morgan fingerprint density at radius 1 is 1.44 bits per heavy atom. The first kappa shape index (κ1) is 13.4. The predicted molar refractivity (Wildman–Crippen MR) is 59.5 cm³/mol. The first-order chi connectivity index (χ1) is 7.63. The standard InChI is InChI=1S/C11H21NO4/c1-15-6-5-11(3-4-11)8-12-9(7-16-2)10(13)14/h9,12H,3-8H2,1-2H3,(H,13,14). The number of nitrogens with one attached hydrogen (secondary N) is 1. The second kappa shape index (κ2) is 6.18. The van der Waals surface area contributed by atoms with E-state index < -0.39 is 12.0 Å². The van der Waals surface area contributed by atoms with Gasteiger partial charge < -0.3 is 19.9 Å². The molecule has 0 heterocycles. The van der Waals surface area contributed by atoms with Crippen molar-refractivity contribution in [2.24, 2.45) is 5.41 Å². The van der Waals surface area contributed by atoms with Crippen LogP contribution in [0.3, 0.4) is 0 Å². The number of carboxylic acid groups (broad SMARTS) is 1. The van der Waals surface area contributed by atoms with Gasteiger partial charge in [0.2, 0.25) is 0 Å². The van der Waals surface area contributed by atoms with Gasteiger partial charge in [-0.2, -0.15) is 0 Å². The lowest BCUT2D eigenvalue weighted by molar-refractivity contribution is -0.140. The van der Waals surface area contributed by atoms with Crippen LogP contribution in [-0.2, 0) is 14.3 Å². The lowest BCUT2D eigenvalue weighted by Crippen LogP contribution is -2.43. The average molecular weight is 231 g/mol. The molecule has 0 amide bonds. The molecule has 0 saturated heterocycles. The monoisotopic (exact) mass is 231 g/mol. The number of methoxy groups -OCH3 is 2. The van der Waals surface area contributed by atoms with Gasteiger partial charge in [0, 0.05) is 27.4 Å². The van der Waals surface area contributed by atoms with E-state index in [0.717, 1.165) is 32.4 Å². The highest BCUT2D eigenvalue weighted by atomic mass is 16.5. The van der Waals surface area contributed by atoms with Crippen LogP contribution < -0.4 is 5.32 Å². The van der Waals surface area contributed by atoms with Gasteiger partial charge in [-0.25, -0.2) is 0 Å². The number of hydrogen-bond acceptors (Lipinski definition) is 4. The quantitative estimate of drug-likeness (QED) is 0.604. The smallest absolute Gasteiger partial charge is 0.323 e. The van der Waals surface area contributed by atoms with Crippen LogP contribution in [0.25, 0.3) is 0 Å². The van der Waals surface area contributed by atoms with Crippen molar-refractivity contribution in [2.75, 3.05) is 34.0 Å². The van der Waals surface area contributed by atoms with E-state index in [2.05, 4.69) is 5.32 Å². The summed E-state index contributed by atoms with van der Waals surface area (Å²) < 4.78 is 9.91. The summed E-state index contributed by atoms with van der Waals surface area (Å²) >= 11 is 0. The first-order valence-corrected chi connectivity index (χ1v) is 5.57. The van der Waals surface area contributed by atoms with Gasteiger partial charge in [0.25, 0.3) is 0 Å². The van der Waals surface area contributed by atoms with Crippen LogP contribution in [0, 0.1) is 5.41 Å². The van der Waals surface area contributed by atoms with Crippen LogP contribution in [0.4, 0.5) is 0 Å². The molecule has 5 heteroatoms. The SMILES string of the molecule is COCCC1(CNC(COC)C(=O)O)CC1. The summed E-state index contributed by atoms with van der Waals surface area (Å²) in [6.07, 6.45) is 3.31. The molecule has 0 bridgehead atoms. The van der Waals surface area contributed by atoms with E-state index in [0.29, 0.717) is 0 Å². The van der Waals surface area contributed by atoms with Crippen molar-refractivity contribution in [2.45, 2.75) is 25.3 Å². The minimum absolute atomic E-state index is 0.204. The lowest BCUT2D eigenvalue weighted by atomic mass is 10.0. The van der Waals surface area contributed by atoms with Gasteiger partial charge in [0.1, 0.15) is 6.04 Å². The second-order valence-electron chi connectivity index (χ2n) is 4.47. The molecule has 1 rings (SSSR count). The Morgan fingerprint density at radius 2 is 2.12 bits per heavy atom. The zero-order valence-corrected chi connectivity index (χ0v) is 9.99. The summed E-state index contributed by atoms with van der Waals surface area (Å²) in [7, 11) is 3.20. The van der Waals surface area contributed by atoms with Gasteiger partial charge in [0.05, 0.1) is 6.61 Å². The summed E-state index contributed by atoms with van der Waals surface area (Å²) in [4.78, 5) is 10.9. The molecular weight excluding hydrogens is 210 g/mol. The van der Waals surface area contributed by atoms with Crippen LogP contribution in [0.5, 0.6) is 0 Å². The molecule has 0 aromatic carbocycles. The van der Waals surface area contributed by atoms with Crippen molar-refractivity contribution < 1.29 is 19.4 Å². The maximum absolute atomic E-state index is 10.9.